The van der Waals surface area contributed by atoms with Gasteiger partial charge in [-0.05, 0) is 40.2 Å². The molecule has 0 N–H and O–H groups in total. The second-order valence-corrected chi connectivity index (χ2v) is 5.34. The van der Waals surface area contributed by atoms with Crippen LogP contribution in [0.1, 0.15) is 11.1 Å². The Labute approximate surface area is 122 Å². The van der Waals surface area contributed by atoms with E-state index in [2.05, 4.69) is 37.9 Å². The van der Waals surface area contributed by atoms with Crippen molar-refractivity contribution < 1.29 is 4.74 Å². The molecule has 0 spiro atoms. The number of ether oxygens (including phenoxy) is 1. The molecule has 0 unspecified atom stereocenters. The predicted molar refractivity (Wildman–Crippen MR) is 77.3 cm³/mol. The topological polar surface area (TPSA) is 33.0 Å². The van der Waals surface area contributed by atoms with Crippen LogP contribution in [-0.4, -0.2) is 0 Å². The Morgan fingerprint density at radius 2 is 1.83 bits per heavy atom. The normalized spacial score (nSPS) is 9.83. The summed E-state index contributed by atoms with van der Waals surface area (Å²) in [7, 11) is 0. The van der Waals surface area contributed by atoms with Crippen molar-refractivity contribution in [2.75, 3.05) is 0 Å². The van der Waals surface area contributed by atoms with Crippen molar-refractivity contribution in [3.8, 4) is 11.8 Å². The summed E-state index contributed by atoms with van der Waals surface area (Å²) < 4.78 is 7.45. The van der Waals surface area contributed by atoms with Crippen molar-refractivity contribution >= 4 is 31.9 Å². The van der Waals surface area contributed by atoms with E-state index in [0.717, 1.165) is 20.3 Å². The van der Waals surface area contributed by atoms with Gasteiger partial charge in [-0.15, -0.1) is 0 Å². The van der Waals surface area contributed by atoms with Gasteiger partial charge in [0.15, 0.2) is 0 Å². The summed E-state index contributed by atoms with van der Waals surface area (Å²) in [5.41, 5.74) is 1.68. The van der Waals surface area contributed by atoms with Gasteiger partial charge in [-0.1, -0.05) is 34.1 Å². The van der Waals surface area contributed by atoms with Crippen LogP contribution in [0.3, 0.4) is 0 Å². The minimum absolute atomic E-state index is 0.486. The van der Waals surface area contributed by atoms with E-state index in [1.54, 1.807) is 18.2 Å². The summed E-state index contributed by atoms with van der Waals surface area (Å²) >= 11 is 6.81. The Kier molecular flexibility index (Phi) is 4.40. The molecule has 0 aliphatic heterocycles. The second kappa shape index (κ2) is 6.03. The van der Waals surface area contributed by atoms with Crippen LogP contribution < -0.4 is 4.74 Å². The van der Waals surface area contributed by atoms with Gasteiger partial charge in [0.25, 0.3) is 0 Å². The summed E-state index contributed by atoms with van der Waals surface area (Å²) in [6, 6.07) is 15.3. The molecule has 0 saturated heterocycles. The molecule has 0 saturated carbocycles. The van der Waals surface area contributed by atoms with Gasteiger partial charge < -0.3 is 4.74 Å². The zero-order valence-corrected chi connectivity index (χ0v) is 12.5. The van der Waals surface area contributed by atoms with E-state index in [9.17, 15) is 0 Å². The highest BCUT2D eigenvalue weighted by atomic mass is 79.9. The van der Waals surface area contributed by atoms with Gasteiger partial charge in [-0.25, -0.2) is 0 Å². The Hall–Kier alpha value is -1.31. The van der Waals surface area contributed by atoms with Crippen LogP contribution in [0.4, 0.5) is 0 Å². The summed E-state index contributed by atoms with van der Waals surface area (Å²) in [6.07, 6.45) is 0. The number of benzene rings is 2. The smallest absolute Gasteiger partial charge is 0.121 e. The van der Waals surface area contributed by atoms with E-state index in [1.807, 2.05) is 24.3 Å². The molecule has 4 heteroatoms. The first-order chi connectivity index (χ1) is 8.70. The summed E-state index contributed by atoms with van der Waals surface area (Å²) in [5, 5.41) is 8.83. The van der Waals surface area contributed by atoms with Crippen LogP contribution in [-0.2, 0) is 6.61 Å². The first kappa shape index (κ1) is 13.1. The standard InChI is InChI=1S/C14H9Br2NO/c15-13-4-2-1-3-11(13)9-18-12-6-5-10(8-17)14(16)7-12/h1-7H,9H2. The molecule has 0 aliphatic rings. The molecule has 2 nitrogen and oxygen atoms in total. The van der Waals surface area contributed by atoms with Crippen molar-refractivity contribution in [1.82, 2.24) is 0 Å². The zero-order valence-electron chi connectivity index (χ0n) is 9.36. The van der Waals surface area contributed by atoms with Crippen LogP contribution in [0.2, 0.25) is 0 Å². The monoisotopic (exact) mass is 365 g/mol. The fourth-order valence-corrected chi connectivity index (χ4v) is 2.30. The maximum absolute atomic E-state index is 8.83. The average Bonchev–Trinajstić information content (AvgIpc) is 2.38. The molecule has 0 aromatic heterocycles. The fraction of sp³-hybridized carbons (Fsp3) is 0.0714. The second-order valence-electron chi connectivity index (χ2n) is 3.63. The molecule has 0 radical (unpaired) electrons. The molecule has 2 aromatic carbocycles. The van der Waals surface area contributed by atoms with Crippen LogP contribution in [0.25, 0.3) is 0 Å². The molecule has 2 aromatic rings. The van der Waals surface area contributed by atoms with Crippen LogP contribution in [0.5, 0.6) is 5.75 Å². The number of hydrogen-bond donors (Lipinski definition) is 0. The molecule has 2 rings (SSSR count). The third kappa shape index (κ3) is 3.12. The molecule has 0 aliphatic carbocycles. The van der Waals surface area contributed by atoms with E-state index in [4.69, 9.17) is 10.00 Å². The Balaban J connectivity index is 2.10. The highest BCUT2D eigenvalue weighted by Gasteiger charge is 2.03. The zero-order chi connectivity index (χ0) is 13.0. The molecular weight excluding hydrogens is 358 g/mol. The lowest BCUT2D eigenvalue weighted by Gasteiger charge is -2.08. The molecule has 0 fully saturated rings. The van der Waals surface area contributed by atoms with Crippen molar-refractivity contribution in [1.29, 1.82) is 5.26 Å². The minimum atomic E-state index is 0.486. The van der Waals surface area contributed by atoms with Crippen molar-refractivity contribution in [3.63, 3.8) is 0 Å². The predicted octanol–water partition coefficient (Wildman–Crippen LogP) is 4.66. The quantitative estimate of drug-likeness (QED) is 0.791. The van der Waals surface area contributed by atoms with Crippen molar-refractivity contribution in [3.05, 3.63) is 62.5 Å². The average molecular weight is 367 g/mol. The Bertz CT molecular complexity index is 605. The maximum atomic E-state index is 8.83. The highest BCUT2D eigenvalue weighted by molar-refractivity contribution is 9.10. The van der Waals surface area contributed by atoms with Gasteiger partial charge in [-0.2, -0.15) is 5.26 Å². The molecule has 90 valence electrons. The van der Waals surface area contributed by atoms with Gasteiger partial charge in [0.05, 0.1) is 5.56 Å². The first-order valence-corrected chi connectivity index (χ1v) is 6.85. The maximum Gasteiger partial charge on any atom is 0.121 e. The van der Waals surface area contributed by atoms with E-state index in [1.165, 1.54) is 0 Å². The van der Waals surface area contributed by atoms with E-state index in [0.29, 0.717) is 12.2 Å². The minimum Gasteiger partial charge on any atom is -0.489 e. The number of rotatable bonds is 3. The van der Waals surface area contributed by atoms with Gasteiger partial charge in [0, 0.05) is 14.5 Å². The largest absolute Gasteiger partial charge is 0.489 e. The number of nitriles is 1. The van der Waals surface area contributed by atoms with E-state index < -0.39 is 0 Å². The van der Waals surface area contributed by atoms with Crippen LogP contribution >= 0.6 is 31.9 Å². The third-order valence-electron chi connectivity index (χ3n) is 2.41. The highest BCUT2D eigenvalue weighted by Crippen LogP contribution is 2.24. The van der Waals surface area contributed by atoms with Crippen LogP contribution in [0, 0.1) is 11.3 Å². The Morgan fingerprint density at radius 3 is 2.50 bits per heavy atom. The van der Waals surface area contributed by atoms with Gasteiger partial charge in [-0.3, -0.25) is 0 Å². The summed E-state index contributed by atoms with van der Waals surface area (Å²) in [5.74, 6) is 0.733. The van der Waals surface area contributed by atoms with E-state index >= 15 is 0 Å². The number of halogens is 2. The molecule has 0 amide bonds. The third-order valence-corrected chi connectivity index (χ3v) is 3.84. The number of hydrogen-bond acceptors (Lipinski definition) is 2. The van der Waals surface area contributed by atoms with Gasteiger partial charge in [0.1, 0.15) is 18.4 Å². The Morgan fingerprint density at radius 1 is 1.06 bits per heavy atom. The summed E-state index contributed by atoms with van der Waals surface area (Å²) in [4.78, 5) is 0. The lowest BCUT2D eigenvalue weighted by molar-refractivity contribution is 0.305. The van der Waals surface area contributed by atoms with Crippen molar-refractivity contribution in [2.45, 2.75) is 6.61 Å². The molecule has 0 atom stereocenters. The fourth-order valence-electron chi connectivity index (χ4n) is 1.45. The van der Waals surface area contributed by atoms with E-state index in [-0.39, 0.29) is 0 Å². The molecular formula is C14H9Br2NO. The molecule has 0 bridgehead atoms. The summed E-state index contributed by atoms with van der Waals surface area (Å²) in [6.45, 7) is 0.486. The van der Waals surface area contributed by atoms with Crippen LogP contribution in [0.15, 0.2) is 51.4 Å². The lowest BCUT2D eigenvalue weighted by atomic mass is 10.2. The van der Waals surface area contributed by atoms with Gasteiger partial charge in [0.2, 0.25) is 0 Å². The lowest BCUT2D eigenvalue weighted by Crippen LogP contribution is -1.96. The molecule has 18 heavy (non-hydrogen) atoms. The number of nitrogens with zero attached hydrogens (tertiary/aromatic N) is 1. The first-order valence-electron chi connectivity index (χ1n) is 5.26. The molecule has 0 heterocycles. The SMILES string of the molecule is N#Cc1ccc(OCc2ccccc2Br)cc1Br. The van der Waals surface area contributed by atoms with Gasteiger partial charge >= 0.3 is 0 Å². The van der Waals surface area contributed by atoms with Crippen molar-refractivity contribution in [2.24, 2.45) is 0 Å².